The molecule has 0 spiro atoms. The Morgan fingerprint density at radius 3 is 2.58 bits per heavy atom. The van der Waals surface area contributed by atoms with Gasteiger partial charge in [-0.3, -0.25) is 19.9 Å². The molecular weight excluding hydrogens is 348 g/mol. The van der Waals surface area contributed by atoms with Crippen molar-refractivity contribution in [3.8, 4) is 0 Å². The van der Waals surface area contributed by atoms with Gasteiger partial charge in [0.1, 0.15) is 11.8 Å². The molecule has 0 saturated heterocycles. The molecule has 6 nitrogen and oxygen atoms in total. The van der Waals surface area contributed by atoms with Crippen LogP contribution in [0, 0.1) is 0 Å². The maximum absolute atomic E-state index is 12.6. The Labute approximate surface area is 154 Å². The number of rotatable bonds is 4. The second-order valence-electron chi connectivity index (χ2n) is 6.00. The fraction of sp³-hybridized carbons (Fsp3) is 0.158. The molecule has 0 radical (unpaired) electrons. The van der Waals surface area contributed by atoms with Crippen LogP contribution in [-0.4, -0.2) is 28.4 Å². The summed E-state index contributed by atoms with van der Waals surface area (Å²) in [6, 6.07) is 16.6. The summed E-state index contributed by atoms with van der Waals surface area (Å²) in [6.07, 6.45) is 0.279. The molecule has 1 aromatic heterocycles. The van der Waals surface area contributed by atoms with Crippen molar-refractivity contribution in [2.45, 2.75) is 19.4 Å². The van der Waals surface area contributed by atoms with Crippen LogP contribution in [0.2, 0.25) is 0 Å². The zero-order valence-corrected chi connectivity index (χ0v) is 14.9. The van der Waals surface area contributed by atoms with E-state index in [0.717, 1.165) is 15.9 Å². The molecule has 1 amide bonds. The van der Waals surface area contributed by atoms with E-state index in [1.54, 1.807) is 5.01 Å². The second kappa shape index (κ2) is 6.68. The molecule has 2 heterocycles. The Morgan fingerprint density at radius 2 is 1.85 bits per heavy atom. The lowest BCUT2D eigenvalue weighted by atomic mass is 10.1. The van der Waals surface area contributed by atoms with Gasteiger partial charge in [-0.05, 0) is 31.2 Å². The molecule has 0 bridgehead atoms. The van der Waals surface area contributed by atoms with E-state index in [-0.39, 0.29) is 18.1 Å². The number of nitrogens with zero attached hydrogens (tertiary/aromatic N) is 3. The summed E-state index contributed by atoms with van der Waals surface area (Å²) < 4.78 is 1.00. The molecule has 130 valence electrons. The van der Waals surface area contributed by atoms with Crippen molar-refractivity contribution in [3.63, 3.8) is 0 Å². The van der Waals surface area contributed by atoms with Gasteiger partial charge in [0.25, 0.3) is 5.91 Å². The minimum atomic E-state index is -0.464. The first-order valence-electron chi connectivity index (χ1n) is 8.21. The number of aromatic nitrogens is 1. The lowest BCUT2D eigenvalue weighted by molar-refractivity contribution is -0.118. The molecule has 4 rings (SSSR count). The zero-order chi connectivity index (χ0) is 18.1. The number of fused-ring (bicyclic) bond motifs is 1. The van der Waals surface area contributed by atoms with Gasteiger partial charge in [0.2, 0.25) is 0 Å². The molecule has 0 saturated carbocycles. The first-order chi connectivity index (χ1) is 12.6. The average Bonchev–Trinajstić information content (AvgIpc) is 3.26. The molecule has 0 fully saturated rings. The normalized spacial score (nSPS) is 16.6. The Hall–Kier alpha value is -3.06. The third-order valence-electron chi connectivity index (χ3n) is 4.18. The summed E-state index contributed by atoms with van der Waals surface area (Å²) in [6.45, 7) is 1.52. The minimum absolute atomic E-state index is 0.0274. The van der Waals surface area contributed by atoms with Crippen molar-refractivity contribution in [2.24, 2.45) is 5.10 Å². The predicted octanol–water partition coefficient (Wildman–Crippen LogP) is 3.46. The van der Waals surface area contributed by atoms with E-state index < -0.39 is 6.04 Å². The number of hydrogen-bond donors (Lipinski definition) is 1. The quantitative estimate of drug-likeness (QED) is 0.769. The monoisotopic (exact) mass is 364 g/mol. The highest BCUT2D eigenvalue weighted by molar-refractivity contribution is 7.22. The Balaban J connectivity index is 1.58. The summed E-state index contributed by atoms with van der Waals surface area (Å²) in [4.78, 5) is 29.0. The van der Waals surface area contributed by atoms with E-state index in [1.807, 2.05) is 54.6 Å². The third kappa shape index (κ3) is 3.09. The van der Waals surface area contributed by atoms with Gasteiger partial charge in [0.05, 0.1) is 15.9 Å². The van der Waals surface area contributed by atoms with Crippen molar-refractivity contribution in [2.75, 3.05) is 10.3 Å². The van der Waals surface area contributed by atoms with Gasteiger partial charge in [-0.25, -0.2) is 4.98 Å². The molecule has 3 aromatic rings. The number of amides is 1. The number of carbonyl (C=O) groups is 2. The number of thiazole rings is 1. The highest BCUT2D eigenvalue weighted by Gasteiger charge is 2.34. The summed E-state index contributed by atoms with van der Waals surface area (Å²) in [5, 5.41) is 9.35. The number of para-hydroxylation sites is 2. The van der Waals surface area contributed by atoms with E-state index in [1.165, 1.54) is 18.3 Å². The molecule has 1 aliphatic heterocycles. The summed E-state index contributed by atoms with van der Waals surface area (Å²) in [7, 11) is 0. The fourth-order valence-corrected chi connectivity index (χ4v) is 3.74. The number of nitrogens with one attached hydrogen (secondary N) is 1. The van der Waals surface area contributed by atoms with Crippen LogP contribution in [0.25, 0.3) is 10.2 Å². The van der Waals surface area contributed by atoms with E-state index in [4.69, 9.17) is 0 Å². The lowest BCUT2D eigenvalue weighted by Crippen LogP contribution is -2.33. The first kappa shape index (κ1) is 16.4. The van der Waals surface area contributed by atoms with Crippen LogP contribution in [-0.2, 0) is 9.59 Å². The van der Waals surface area contributed by atoms with Crippen molar-refractivity contribution in [1.29, 1.82) is 0 Å². The predicted molar refractivity (Wildman–Crippen MR) is 104 cm³/mol. The number of hydrazone groups is 1. The van der Waals surface area contributed by atoms with E-state index in [0.29, 0.717) is 10.8 Å². The highest BCUT2D eigenvalue weighted by Crippen LogP contribution is 2.27. The van der Waals surface area contributed by atoms with E-state index >= 15 is 0 Å². The van der Waals surface area contributed by atoms with Gasteiger partial charge in [-0.15, -0.1) is 0 Å². The SMILES string of the molecule is CC(=O)C1CC(C(=O)Nc2nc3ccccc3s2)=NN1c1ccccc1. The van der Waals surface area contributed by atoms with Crippen LogP contribution in [0.1, 0.15) is 13.3 Å². The van der Waals surface area contributed by atoms with Crippen LogP contribution < -0.4 is 10.3 Å². The second-order valence-corrected chi connectivity index (χ2v) is 7.03. The smallest absolute Gasteiger partial charge is 0.273 e. The number of benzene rings is 2. The van der Waals surface area contributed by atoms with Gasteiger partial charge < -0.3 is 0 Å². The maximum Gasteiger partial charge on any atom is 0.273 e. The molecule has 1 atom stereocenters. The lowest BCUT2D eigenvalue weighted by Gasteiger charge is -2.20. The molecule has 7 heteroatoms. The molecule has 0 aliphatic carbocycles. The molecule has 1 unspecified atom stereocenters. The molecular formula is C19H16N4O2S. The van der Waals surface area contributed by atoms with Crippen LogP contribution >= 0.6 is 11.3 Å². The van der Waals surface area contributed by atoms with Crippen LogP contribution in [0.5, 0.6) is 0 Å². The third-order valence-corrected chi connectivity index (χ3v) is 5.13. The summed E-state index contributed by atoms with van der Waals surface area (Å²) >= 11 is 1.41. The molecule has 26 heavy (non-hydrogen) atoms. The molecule has 1 aliphatic rings. The van der Waals surface area contributed by atoms with Gasteiger partial charge in [-0.2, -0.15) is 5.10 Å². The maximum atomic E-state index is 12.6. The Kier molecular flexibility index (Phi) is 4.22. The van der Waals surface area contributed by atoms with Crippen LogP contribution in [0.4, 0.5) is 10.8 Å². The molecule has 2 aromatic carbocycles. The van der Waals surface area contributed by atoms with Crippen molar-refractivity contribution >= 4 is 49.8 Å². The number of carbonyl (C=O) groups excluding carboxylic acids is 2. The van der Waals surface area contributed by atoms with Crippen LogP contribution in [0.15, 0.2) is 59.7 Å². The summed E-state index contributed by atoms with van der Waals surface area (Å²) in [5.74, 6) is -0.353. The van der Waals surface area contributed by atoms with Crippen molar-refractivity contribution in [1.82, 2.24) is 4.98 Å². The van der Waals surface area contributed by atoms with E-state index in [2.05, 4.69) is 15.4 Å². The topological polar surface area (TPSA) is 74.7 Å². The highest BCUT2D eigenvalue weighted by atomic mass is 32.1. The molecule has 1 N–H and O–H groups in total. The van der Waals surface area contributed by atoms with Gasteiger partial charge in [-0.1, -0.05) is 41.7 Å². The summed E-state index contributed by atoms with van der Waals surface area (Å²) in [5.41, 5.74) is 1.96. The largest absolute Gasteiger partial charge is 0.298 e. The fourth-order valence-electron chi connectivity index (χ4n) is 2.88. The number of Topliss-reactive ketones (excluding diaryl/α,β-unsaturated/α-hetero) is 1. The Morgan fingerprint density at radius 1 is 1.12 bits per heavy atom. The first-order valence-corrected chi connectivity index (χ1v) is 9.02. The number of ketones is 1. The van der Waals surface area contributed by atoms with Crippen LogP contribution in [0.3, 0.4) is 0 Å². The van der Waals surface area contributed by atoms with Gasteiger partial charge in [0.15, 0.2) is 10.9 Å². The zero-order valence-electron chi connectivity index (χ0n) is 14.0. The number of hydrogen-bond acceptors (Lipinski definition) is 6. The number of anilines is 2. The average molecular weight is 364 g/mol. The van der Waals surface area contributed by atoms with Gasteiger partial charge >= 0.3 is 0 Å². The van der Waals surface area contributed by atoms with Gasteiger partial charge in [0, 0.05) is 6.42 Å². The standard InChI is InChI=1S/C19H16N4O2S/c1-12(24)16-11-15(22-23(16)13-7-3-2-4-8-13)18(25)21-19-20-14-9-5-6-10-17(14)26-19/h2-10,16H,11H2,1H3,(H,20,21,25). The minimum Gasteiger partial charge on any atom is -0.298 e. The van der Waals surface area contributed by atoms with E-state index in [9.17, 15) is 9.59 Å². The van der Waals surface area contributed by atoms with Crippen molar-refractivity contribution in [3.05, 3.63) is 54.6 Å². The Bertz CT molecular complexity index is 980. The van der Waals surface area contributed by atoms with Crippen molar-refractivity contribution < 1.29 is 9.59 Å².